The molecule has 152 valence electrons. The summed E-state index contributed by atoms with van der Waals surface area (Å²) in [5, 5.41) is 4.73. The van der Waals surface area contributed by atoms with Crippen molar-refractivity contribution < 1.29 is 14.4 Å². The van der Waals surface area contributed by atoms with Crippen molar-refractivity contribution in [1.82, 2.24) is 10.0 Å². The molecule has 0 aliphatic carbocycles. The van der Waals surface area contributed by atoms with Gasteiger partial charge in [-0.1, -0.05) is 60.1 Å². The van der Waals surface area contributed by atoms with Gasteiger partial charge in [-0.25, -0.2) is 4.79 Å². The molecule has 4 rings (SSSR count). The van der Waals surface area contributed by atoms with Gasteiger partial charge in [0.25, 0.3) is 0 Å². The maximum Gasteiger partial charge on any atom is 0.357 e. The molecular weight excluding hydrogens is 402 g/mol. The minimum absolute atomic E-state index is 0.291. The first kappa shape index (κ1) is 20.1. The molecule has 1 amide bonds. The highest BCUT2D eigenvalue weighted by Gasteiger charge is 2.34. The van der Waals surface area contributed by atoms with Crippen molar-refractivity contribution in [3.05, 3.63) is 83.5 Å². The summed E-state index contributed by atoms with van der Waals surface area (Å²) in [4.78, 5) is 35.3. The van der Waals surface area contributed by atoms with Crippen molar-refractivity contribution in [3.8, 4) is 11.3 Å². The zero-order valence-corrected chi connectivity index (χ0v) is 16.9. The van der Waals surface area contributed by atoms with Crippen LogP contribution >= 0.6 is 11.6 Å². The average molecular weight is 422 g/mol. The molecule has 1 aromatic heterocycles. The van der Waals surface area contributed by atoms with Crippen LogP contribution in [0, 0.1) is 0 Å². The summed E-state index contributed by atoms with van der Waals surface area (Å²) < 4.78 is 0. The molecule has 0 radical (unpaired) electrons. The predicted octanol–water partition coefficient (Wildman–Crippen LogP) is 4.58. The zero-order valence-electron chi connectivity index (χ0n) is 16.1. The van der Waals surface area contributed by atoms with Crippen molar-refractivity contribution in [2.24, 2.45) is 0 Å². The molecule has 1 fully saturated rings. The van der Waals surface area contributed by atoms with Crippen LogP contribution in [0.3, 0.4) is 0 Å². The average Bonchev–Trinajstić information content (AvgIpc) is 3.24. The van der Waals surface area contributed by atoms with E-state index in [1.165, 1.54) is 5.06 Å². The molecule has 1 aliphatic rings. The van der Waals surface area contributed by atoms with Crippen molar-refractivity contribution in [2.75, 3.05) is 11.9 Å². The van der Waals surface area contributed by atoms with Crippen LogP contribution in [0.15, 0.2) is 72.9 Å². The van der Waals surface area contributed by atoms with Gasteiger partial charge in [-0.2, -0.15) is 0 Å². The van der Waals surface area contributed by atoms with Crippen molar-refractivity contribution in [2.45, 2.75) is 18.9 Å². The van der Waals surface area contributed by atoms with Gasteiger partial charge < -0.3 is 10.2 Å². The Morgan fingerprint density at radius 1 is 1.03 bits per heavy atom. The van der Waals surface area contributed by atoms with Gasteiger partial charge >= 0.3 is 5.97 Å². The highest BCUT2D eigenvalue weighted by molar-refractivity contribution is 6.34. The van der Waals surface area contributed by atoms with Gasteiger partial charge in [-0.05, 0) is 31.0 Å². The first-order chi connectivity index (χ1) is 14.6. The molecule has 0 spiro atoms. The van der Waals surface area contributed by atoms with Gasteiger partial charge in [-0.3, -0.25) is 9.78 Å². The van der Waals surface area contributed by atoms with Gasteiger partial charge in [-0.15, -0.1) is 5.06 Å². The van der Waals surface area contributed by atoms with E-state index in [9.17, 15) is 9.59 Å². The molecule has 1 atom stereocenters. The lowest BCUT2D eigenvalue weighted by molar-refractivity contribution is -0.144. The van der Waals surface area contributed by atoms with E-state index < -0.39 is 12.0 Å². The standard InChI is InChI=1S/C23H20ClN3O3/c24-18-13-14-25-20(16-8-3-1-4-9-16)21(18)26-22(28)19-12-7-15-27(19)30-23(29)17-10-5-2-6-11-17/h1-6,8-11,13-14,19H,7,12,15H2,(H,26,28)/t19-/m0/s1. The van der Waals surface area contributed by atoms with Crippen molar-refractivity contribution in [3.63, 3.8) is 0 Å². The third-order valence-electron chi connectivity index (χ3n) is 4.91. The van der Waals surface area contributed by atoms with Crippen LogP contribution in [0.2, 0.25) is 5.02 Å². The second-order valence-electron chi connectivity index (χ2n) is 6.92. The molecule has 30 heavy (non-hydrogen) atoms. The van der Waals surface area contributed by atoms with Gasteiger partial charge in [0.05, 0.1) is 22.0 Å². The fraction of sp³-hybridized carbons (Fsp3) is 0.174. The van der Waals surface area contributed by atoms with E-state index in [0.717, 1.165) is 12.0 Å². The van der Waals surface area contributed by atoms with Crippen LogP contribution in [0.25, 0.3) is 11.3 Å². The number of hydrogen-bond donors (Lipinski definition) is 1. The van der Waals surface area contributed by atoms with E-state index in [1.54, 1.807) is 36.5 Å². The molecule has 0 unspecified atom stereocenters. The third kappa shape index (κ3) is 4.35. The van der Waals surface area contributed by atoms with E-state index in [-0.39, 0.29) is 5.91 Å². The summed E-state index contributed by atoms with van der Waals surface area (Å²) in [6.07, 6.45) is 2.92. The van der Waals surface area contributed by atoms with Crippen LogP contribution in [0.4, 0.5) is 5.69 Å². The van der Waals surface area contributed by atoms with Gasteiger partial charge in [0.2, 0.25) is 5.91 Å². The van der Waals surface area contributed by atoms with E-state index >= 15 is 0 Å². The van der Waals surface area contributed by atoms with Crippen LogP contribution < -0.4 is 5.32 Å². The van der Waals surface area contributed by atoms with Gasteiger partial charge in [0.1, 0.15) is 6.04 Å². The van der Waals surface area contributed by atoms with E-state index in [1.807, 2.05) is 36.4 Å². The summed E-state index contributed by atoms with van der Waals surface area (Å²) in [6, 6.07) is 19.2. The Balaban J connectivity index is 1.52. The molecule has 1 aliphatic heterocycles. The lowest BCUT2D eigenvalue weighted by Gasteiger charge is -2.23. The lowest BCUT2D eigenvalue weighted by atomic mass is 10.1. The van der Waals surface area contributed by atoms with Crippen LogP contribution in [-0.2, 0) is 9.63 Å². The fourth-order valence-corrected chi connectivity index (χ4v) is 3.62. The number of amides is 1. The summed E-state index contributed by atoms with van der Waals surface area (Å²) in [6.45, 7) is 0.489. The number of hydrogen-bond acceptors (Lipinski definition) is 5. The topological polar surface area (TPSA) is 71.5 Å². The Kier molecular flexibility index (Phi) is 6.07. The number of carbonyl (C=O) groups is 2. The SMILES string of the molecule is O=C(ON1CCC[C@H]1C(=O)Nc1c(Cl)ccnc1-c1ccccc1)c1ccccc1. The summed E-state index contributed by atoms with van der Waals surface area (Å²) in [5.74, 6) is -0.778. The van der Waals surface area contributed by atoms with Crippen LogP contribution in [0.5, 0.6) is 0 Å². The summed E-state index contributed by atoms with van der Waals surface area (Å²) >= 11 is 6.38. The predicted molar refractivity (Wildman–Crippen MR) is 115 cm³/mol. The smallest absolute Gasteiger partial charge is 0.357 e. The third-order valence-corrected chi connectivity index (χ3v) is 5.23. The molecule has 0 bridgehead atoms. The highest BCUT2D eigenvalue weighted by Crippen LogP contribution is 2.33. The maximum atomic E-state index is 13.0. The highest BCUT2D eigenvalue weighted by atomic mass is 35.5. The zero-order chi connectivity index (χ0) is 20.9. The minimum atomic E-state index is -0.599. The molecular formula is C23H20ClN3O3. The molecule has 7 heteroatoms. The number of benzene rings is 2. The maximum absolute atomic E-state index is 13.0. The Labute approximate surface area is 179 Å². The van der Waals surface area contributed by atoms with Gasteiger partial charge in [0.15, 0.2) is 0 Å². The number of hydroxylamine groups is 2. The number of halogens is 1. The molecule has 2 heterocycles. The second-order valence-corrected chi connectivity index (χ2v) is 7.32. The second kappa shape index (κ2) is 9.07. The van der Waals surface area contributed by atoms with Crippen LogP contribution in [0.1, 0.15) is 23.2 Å². The number of aromatic nitrogens is 1. The first-order valence-corrected chi connectivity index (χ1v) is 10.1. The van der Waals surface area contributed by atoms with Gasteiger partial charge in [0, 0.05) is 18.3 Å². The first-order valence-electron chi connectivity index (χ1n) is 9.68. The number of rotatable bonds is 5. The fourth-order valence-electron chi connectivity index (χ4n) is 3.42. The summed E-state index contributed by atoms with van der Waals surface area (Å²) in [7, 11) is 0. The normalized spacial score (nSPS) is 16.2. The molecule has 6 nitrogen and oxygen atoms in total. The van der Waals surface area contributed by atoms with E-state index in [0.29, 0.717) is 34.9 Å². The Morgan fingerprint density at radius 2 is 1.73 bits per heavy atom. The Hall–Kier alpha value is -3.22. The molecule has 1 N–H and O–H groups in total. The molecule has 0 saturated carbocycles. The number of nitrogens with one attached hydrogen (secondary N) is 1. The minimum Gasteiger partial charge on any atom is -0.363 e. The number of pyridine rings is 1. The lowest BCUT2D eigenvalue weighted by Crippen LogP contribution is -2.41. The number of carbonyl (C=O) groups excluding carboxylic acids is 2. The summed E-state index contributed by atoms with van der Waals surface area (Å²) in [5.41, 5.74) is 2.30. The Bertz CT molecular complexity index is 1040. The monoisotopic (exact) mass is 421 g/mol. The van der Waals surface area contributed by atoms with Crippen LogP contribution in [-0.4, -0.2) is 34.5 Å². The molecule has 1 saturated heterocycles. The molecule has 2 aromatic carbocycles. The van der Waals surface area contributed by atoms with Crippen molar-refractivity contribution >= 4 is 29.2 Å². The molecule has 3 aromatic rings. The quantitative estimate of drug-likeness (QED) is 0.653. The largest absolute Gasteiger partial charge is 0.363 e. The Morgan fingerprint density at radius 3 is 2.47 bits per heavy atom. The number of anilines is 1. The van der Waals surface area contributed by atoms with Crippen molar-refractivity contribution in [1.29, 1.82) is 0 Å². The van der Waals surface area contributed by atoms with E-state index in [2.05, 4.69) is 10.3 Å². The van der Waals surface area contributed by atoms with E-state index in [4.69, 9.17) is 16.4 Å². The number of nitrogens with zero attached hydrogens (tertiary/aromatic N) is 2.